The van der Waals surface area contributed by atoms with E-state index in [4.69, 9.17) is 32.5 Å². The van der Waals surface area contributed by atoms with E-state index in [2.05, 4.69) is 15.5 Å². The highest BCUT2D eigenvalue weighted by Gasteiger charge is 2.13. The van der Waals surface area contributed by atoms with Gasteiger partial charge in [-0.25, -0.2) is 9.78 Å². The largest absolute Gasteiger partial charge is 0.461 e. The van der Waals surface area contributed by atoms with Crippen LogP contribution >= 0.6 is 23.2 Å². The molecule has 0 aliphatic rings. The lowest BCUT2D eigenvalue weighted by atomic mass is 10.2. The van der Waals surface area contributed by atoms with Gasteiger partial charge in [0.1, 0.15) is 11.6 Å². The smallest absolute Gasteiger partial charge is 0.360 e. The molecule has 0 aliphatic carbocycles. The summed E-state index contributed by atoms with van der Waals surface area (Å²) < 4.78 is 9.99. The molecule has 0 fully saturated rings. The second-order valence-corrected chi connectivity index (χ2v) is 6.07. The Balaban J connectivity index is 1.61. The molecular formula is C17H15Cl2N3O3. The van der Waals surface area contributed by atoms with Gasteiger partial charge in [0, 0.05) is 30.6 Å². The van der Waals surface area contributed by atoms with Gasteiger partial charge in [-0.15, -0.1) is 0 Å². The molecule has 0 amide bonds. The summed E-state index contributed by atoms with van der Waals surface area (Å²) in [5, 5.41) is 9.74. The van der Waals surface area contributed by atoms with Gasteiger partial charge >= 0.3 is 5.97 Å². The van der Waals surface area contributed by atoms with E-state index in [1.54, 1.807) is 31.3 Å². The molecule has 0 spiro atoms. The van der Waals surface area contributed by atoms with Crippen molar-refractivity contribution in [1.29, 1.82) is 0 Å². The van der Waals surface area contributed by atoms with Gasteiger partial charge in [-0.05, 0) is 30.5 Å². The number of nitrogens with zero attached hydrogens (tertiary/aromatic N) is 2. The number of benzene rings is 1. The summed E-state index contributed by atoms with van der Waals surface area (Å²) in [5.41, 5.74) is 0.173. The highest BCUT2D eigenvalue weighted by Crippen LogP contribution is 2.28. The maximum absolute atomic E-state index is 11.5. The fraction of sp³-hybridized carbons (Fsp3) is 0.235. The summed E-state index contributed by atoms with van der Waals surface area (Å²) >= 11 is 12.0. The van der Waals surface area contributed by atoms with E-state index in [0.717, 1.165) is 10.8 Å². The van der Waals surface area contributed by atoms with Crippen molar-refractivity contribution in [2.24, 2.45) is 0 Å². The number of carbonyl (C=O) groups is 1. The Labute approximate surface area is 154 Å². The van der Waals surface area contributed by atoms with Gasteiger partial charge in [0.05, 0.1) is 16.7 Å². The number of carbonyl (C=O) groups excluding carboxylic acids is 1. The van der Waals surface area contributed by atoms with Crippen LogP contribution in [0.3, 0.4) is 0 Å². The topological polar surface area (TPSA) is 77.2 Å². The summed E-state index contributed by atoms with van der Waals surface area (Å²) in [6.07, 6.45) is 2.28. The number of anilines is 1. The molecule has 8 heteroatoms. The van der Waals surface area contributed by atoms with Crippen molar-refractivity contribution < 1.29 is 14.1 Å². The van der Waals surface area contributed by atoms with Crippen molar-refractivity contribution >= 4 is 45.8 Å². The van der Waals surface area contributed by atoms with Gasteiger partial charge in [-0.3, -0.25) is 0 Å². The van der Waals surface area contributed by atoms with Crippen molar-refractivity contribution in [1.82, 2.24) is 10.1 Å². The van der Waals surface area contributed by atoms with Gasteiger partial charge in [-0.2, -0.15) is 0 Å². The van der Waals surface area contributed by atoms with Crippen molar-refractivity contribution in [2.45, 2.75) is 13.3 Å². The molecule has 1 aromatic carbocycles. The lowest BCUT2D eigenvalue weighted by molar-refractivity contribution is 0.0514. The monoisotopic (exact) mass is 379 g/mol. The number of ether oxygens (including phenoxy) is 1. The molecular weight excluding hydrogens is 365 g/mol. The van der Waals surface area contributed by atoms with Crippen LogP contribution in [0.15, 0.2) is 35.0 Å². The van der Waals surface area contributed by atoms with E-state index in [9.17, 15) is 4.79 Å². The van der Waals surface area contributed by atoms with Gasteiger partial charge in [0.2, 0.25) is 0 Å². The number of aromatic nitrogens is 2. The molecule has 1 N–H and O–H groups in total. The zero-order chi connectivity index (χ0) is 17.8. The van der Waals surface area contributed by atoms with Gasteiger partial charge in [0.15, 0.2) is 5.69 Å². The van der Waals surface area contributed by atoms with Crippen LogP contribution in [0.25, 0.3) is 10.8 Å². The van der Waals surface area contributed by atoms with Gasteiger partial charge in [-0.1, -0.05) is 28.4 Å². The fourth-order valence-corrected chi connectivity index (χ4v) is 2.62. The van der Waals surface area contributed by atoms with Crippen molar-refractivity contribution in [3.05, 3.63) is 52.0 Å². The van der Waals surface area contributed by atoms with E-state index >= 15 is 0 Å². The molecule has 2 heterocycles. The normalized spacial score (nSPS) is 10.8. The predicted octanol–water partition coefficient (Wildman–Crippen LogP) is 4.36. The minimum atomic E-state index is -0.489. The first-order chi connectivity index (χ1) is 12.1. The molecule has 130 valence electrons. The molecule has 0 atom stereocenters. The zero-order valence-corrected chi connectivity index (χ0v) is 14.9. The Morgan fingerprint density at radius 2 is 1.96 bits per heavy atom. The minimum absolute atomic E-state index is 0.173. The van der Waals surface area contributed by atoms with Crippen molar-refractivity contribution in [2.75, 3.05) is 18.5 Å². The lowest BCUT2D eigenvalue weighted by Gasteiger charge is -2.06. The molecule has 25 heavy (non-hydrogen) atoms. The van der Waals surface area contributed by atoms with Gasteiger partial charge in [0.25, 0.3) is 0 Å². The molecule has 0 saturated heterocycles. The number of rotatable bonds is 6. The number of fused-ring (bicyclic) bond motifs is 1. The molecule has 3 aromatic rings. The van der Waals surface area contributed by atoms with E-state index < -0.39 is 5.97 Å². The summed E-state index contributed by atoms with van der Waals surface area (Å²) in [5.74, 6) is 0.805. The average Bonchev–Trinajstić information content (AvgIpc) is 3.05. The Hall–Kier alpha value is -2.31. The van der Waals surface area contributed by atoms with Crippen LogP contribution in [0.2, 0.25) is 10.0 Å². The predicted molar refractivity (Wildman–Crippen MR) is 96.4 cm³/mol. The SMILES string of the molecule is CCOC(=O)c1cc(CCNc2cc3cc(Cl)c(Cl)cc3cn2)on1. The number of hydrogen-bond donors (Lipinski definition) is 1. The highest BCUT2D eigenvalue weighted by atomic mass is 35.5. The summed E-state index contributed by atoms with van der Waals surface area (Å²) in [7, 11) is 0. The third-order valence-electron chi connectivity index (χ3n) is 3.48. The van der Waals surface area contributed by atoms with Crippen LogP contribution in [0.1, 0.15) is 23.2 Å². The van der Waals surface area contributed by atoms with Crippen molar-refractivity contribution in [3.63, 3.8) is 0 Å². The van der Waals surface area contributed by atoms with E-state index in [0.29, 0.717) is 41.2 Å². The quantitative estimate of drug-likeness (QED) is 0.641. The summed E-state index contributed by atoms with van der Waals surface area (Å²) in [6.45, 7) is 2.60. The number of nitrogens with one attached hydrogen (secondary N) is 1. The molecule has 6 nitrogen and oxygen atoms in total. The van der Waals surface area contributed by atoms with Crippen molar-refractivity contribution in [3.8, 4) is 0 Å². The van der Waals surface area contributed by atoms with Crippen LogP contribution in [0.4, 0.5) is 5.82 Å². The van der Waals surface area contributed by atoms with E-state index in [1.807, 2.05) is 6.07 Å². The highest BCUT2D eigenvalue weighted by molar-refractivity contribution is 6.42. The third-order valence-corrected chi connectivity index (χ3v) is 4.20. The molecule has 0 aliphatic heterocycles. The Kier molecular flexibility index (Phi) is 5.40. The van der Waals surface area contributed by atoms with E-state index in [-0.39, 0.29) is 5.69 Å². The zero-order valence-electron chi connectivity index (χ0n) is 13.4. The maximum atomic E-state index is 11.5. The van der Waals surface area contributed by atoms with Crippen LogP contribution in [0.5, 0.6) is 0 Å². The number of pyridine rings is 1. The van der Waals surface area contributed by atoms with Gasteiger partial charge < -0.3 is 14.6 Å². The number of esters is 1. The molecule has 3 rings (SSSR count). The van der Waals surface area contributed by atoms with Crippen LogP contribution in [0, 0.1) is 0 Å². The van der Waals surface area contributed by atoms with Crippen LogP contribution < -0.4 is 5.32 Å². The number of hydrogen-bond acceptors (Lipinski definition) is 6. The van der Waals surface area contributed by atoms with Crippen LogP contribution in [-0.2, 0) is 11.2 Å². The average molecular weight is 380 g/mol. The second-order valence-electron chi connectivity index (χ2n) is 5.26. The summed E-state index contributed by atoms with van der Waals surface area (Å²) in [4.78, 5) is 15.9. The molecule has 2 aromatic heterocycles. The Morgan fingerprint density at radius 3 is 2.72 bits per heavy atom. The maximum Gasteiger partial charge on any atom is 0.360 e. The lowest BCUT2D eigenvalue weighted by Crippen LogP contribution is -2.06. The molecule has 0 unspecified atom stereocenters. The standard InChI is InChI=1S/C17H15Cl2N3O3/c1-2-24-17(23)15-8-12(25-22-15)3-4-20-16-7-10-5-13(18)14(19)6-11(10)9-21-16/h5-9H,2-4H2,1H3,(H,20,21). The molecule has 0 radical (unpaired) electrons. The first-order valence-electron chi connectivity index (χ1n) is 7.68. The second kappa shape index (κ2) is 7.72. The molecule has 0 bridgehead atoms. The summed E-state index contributed by atoms with van der Waals surface area (Å²) in [6, 6.07) is 7.05. The molecule has 0 saturated carbocycles. The first-order valence-corrected chi connectivity index (χ1v) is 8.44. The fourth-order valence-electron chi connectivity index (χ4n) is 2.28. The Morgan fingerprint density at radius 1 is 1.20 bits per heavy atom. The first kappa shape index (κ1) is 17.5. The number of halogens is 2. The minimum Gasteiger partial charge on any atom is -0.461 e. The van der Waals surface area contributed by atoms with Crippen LogP contribution in [-0.4, -0.2) is 29.3 Å². The van der Waals surface area contributed by atoms with E-state index in [1.165, 1.54) is 0 Å². The third kappa shape index (κ3) is 4.21. The Bertz CT molecular complexity index is 911.